The molecule has 4 heteroatoms. The molecule has 0 amide bonds. The third kappa shape index (κ3) is 2.21. The highest BCUT2D eigenvalue weighted by molar-refractivity contribution is 9.10. The molecule has 0 atom stereocenters. The van der Waals surface area contributed by atoms with Crippen molar-refractivity contribution in [1.82, 2.24) is 4.98 Å². The van der Waals surface area contributed by atoms with Crippen molar-refractivity contribution >= 4 is 33.1 Å². The molecule has 2 nitrogen and oxygen atoms in total. The minimum absolute atomic E-state index is 0.635. The van der Waals surface area contributed by atoms with E-state index in [1.54, 1.807) is 17.5 Å². The van der Waals surface area contributed by atoms with Gasteiger partial charge in [-0.25, -0.2) is 4.98 Å². The van der Waals surface area contributed by atoms with Gasteiger partial charge in [0.2, 0.25) is 0 Å². The maximum absolute atomic E-state index is 5.87. The lowest BCUT2D eigenvalue weighted by atomic mass is 10.1. The Bertz CT molecular complexity index is 459. The smallest absolute Gasteiger partial charge is 0.127 e. The van der Waals surface area contributed by atoms with E-state index < -0.39 is 0 Å². The lowest BCUT2D eigenvalue weighted by Gasteiger charge is -2.07. The number of halogens is 1. The summed E-state index contributed by atoms with van der Waals surface area (Å²) in [5.41, 5.74) is 8.19. The molecule has 2 N–H and O–H groups in total. The topological polar surface area (TPSA) is 38.9 Å². The van der Waals surface area contributed by atoms with E-state index in [9.17, 15) is 0 Å². The van der Waals surface area contributed by atoms with Crippen LogP contribution in [-0.4, -0.2) is 4.98 Å². The number of aromatic nitrogens is 1. The Hall–Kier alpha value is -0.870. The normalized spacial score (nSPS) is 10.5. The number of hydrogen-bond donors (Lipinski definition) is 1. The van der Waals surface area contributed by atoms with Crippen LogP contribution in [0, 0.1) is 6.92 Å². The van der Waals surface area contributed by atoms with Crippen LogP contribution in [0.1, 0.15) is 16.0 Å². The molecule has 0 unspecified atom stereocenters. The highest BCUT2D eigenvalue weighted by atomic mass is 79.9. The minimum Gasteiger partial charge on any atom is -0.383 e. The van der Waals surface area contributed by atoms with Crippen LogP contribution in [0.3, 0.4) is 0 Å². The van der Waals surface area contributed by atoms with Crippen LogP contribution in [0.25, 0.3) is 0 Å². The molecule has 0 aliphatic rings. The first-order chi connectivity index (χ1) is 7.18. The zero-order valence-corrected chi connectivity index (χ0v) is 10.7. The van der Waals surface area contributed by atoms with Crippen molar-refractivity contribution in [2.75, 3.05) is 5.73 Å². The van der Waals surface area contributed by atoms with Crippen LogP contribution < -0.4 is 5.73 Å². The Kier molecular flexibility index (Phi) is 3.07. The van der Waals surface area contributed by atoms with Crippen molar-refractivity contribution < 1.29 is 0 Å². The first-order valence-corrected chi connectivity index (χ1v) is 6.27. The van der Waals surface area contributed by atoms with E-state index in [2.05, 4.69) is 39.3 Å². The van der Waals surface area contributed by atoms with Gasteiger partial charge in [0.1, 0.15) is 5.82 Å². The molecule has 0 saturated carbocycles. The molecule has 78 valence electrons. The van der Waals surface area contributed by atoms with Crippen LogP contribution in [0.5, 0.6) is 0 Å². The fourth-order valence-corrected chi connectivity index (χ4v) is 2.96. The second-order valence-electron chi connectivity index (χ2n) is 3.36. The number of rotatable bonds is 2. The van der Waals surface area contributed by atoms with Crippen LogP contribution in [-0.2, 0) is 6.42 Å². The molecule has 0 spiro atoms. The summed E-state index contributed by atoms with van der Waals surface area (Å²) in [6, 6.07) is 4.05. The van der Waals surface area contributed by atoms with E-state index in [1.165, 1.54) is 10.4 Å². The predicted molar refractivity (Wildman–Crippen MR) is 68.2 cm³/mol. The molecule has 0 aliphatic carbocycles. The monoisotopic (exact) mass is 282 g/mol. The number of thiophene rings is 1. The molecule has 0 saturated heterocycles. The summed E-state index contributed by atoms with van der Waals surface area (Å²) in [5.74, 6) is 0.635. The van der Waals surface area contributed by atoms with E-state index in [1.807, 2.05) is 6.07 Å². The highest BCUT2D eigenvalue weighted by Gasteiger charge is 2.08. The summed E-state index contributed by atoms with van der Waals surface area (Å²) in [6.45, 7) is 2.06. The van der Waals surface area contributed by atoms with Gasteiger partial charge in [-0.15, -0.1) is 11.3 Å². The minimum atomic E-state index is 0.635. The lowest BCUT2D eigenvalue weighted by Crippen LogP contribution is -2.00. The van der Waals surface area contributed by atoms with Gasteiger partial charge in [-0.1, -0.05) is 0 Å². The largest absolute Gasteiger partial charge is 0.383 e. The maximum Gasteiger partial charge on any atom is 0.127 e. The fraction of sp³-hybridized carbons (Fsp3) is 0.182. The maximum atomic E-state index is 5.87. The van der Waals surface area contributed by atoms with Crippen LogP contribution in [0.15, 0.2) is 28.2 Å². The second kappa shape index (κ2) is 4.33. The summed E-state index contributed by atoms with van der Waals surface area (Å²) in [4.78, 5) is 5.41. The van der Waals surface area contributed by atoms with Crippen molar-refractivity contribution in [3.63, 3.8) is 0 Å². The van der Waals surface area contributed by atoms with Crippen molar-refractivity contribution in [3.8, 4) is 0 Å². The van der Waals surface area contributed by atoms with E-state index in [0.717, 1.165) is 16.5 Å². The van der Waals surface area contributed by atoms with E-state index in [4.69, 9.17) is 5.73 Å². The first-order valence-electron chi connectivity index (χ1n) is 4.60. The average Bonchev–Trinajstić information content (AvgIpc) is 2.58. The van der Waals surface area contributed by atoms with Crippen molar-refractivity contribution in [1.29, 1.82) is 0 Å². The molecule has 2 aromatic rings. The number of aryl methyl sites for hydroxylation is 1. The number of nitrogen functional groups attached to an aromatic ring is 1. The number of hydrogen-bond acceptors (Lipinski definition) is 3. The SMILES string of the molecule is Cc1ccnc(N)c1Cc1sccc1Br. The Morgan fingerprint density at radius 2 is 2.27 bits per heavy atom. The molecule has 0 radical (unpaired) electrons. The summed E-state index contributed by atoms with van der Waals surface area (Å²) >= 11 is 5.25. The number of nitrogens with zero attached hydrogens (tertiary/aromatic N) is 1. The molecule has 15 heavy (non-hydrogen) atoms. The van der Waals surface area contributed by atoms with Crippen LogP contribution in [0.4, 0.5) is 5.82 Å². The van der Waals surface area contributed by atoms with Crippen molar-refractivity contribution in [2.45, 2.75) is 13.3 Å². The van der Waals surface area contributed by atoms with Gasteiger partial charge in [0.25, 0.3) is 0 Å². The Morgan fingerprint density at radius 3 is 2.87 bits per heavy atom. The molecule has 0 aromatic carbocycles. The standard InChI is InChI=1S/C11H11BrN2S/c1-7-2-4-14-11(13)8(7)6-10-9(12)3-5-15-10/h2-5H,6H2,1H3,(H2,13,14). The zero-order valence-electron chi connectivity index (χ0n) is 8.33. The molecule has 2 aromatic heterocycles. The highest BCUT2D eigenvalue weighted by Crippen LogP contribution is 2.27. The zero-order chi connectivity index (χ0) is 10.8. The average molecular weight is 283 g/mol. The quantitative estimate of drug-likeness (QED) is 0.917. The van der Waals surface area contributed by atoms with Gasteiger partial charge in [0.05, 0.1) is 0 Å². The van der Waals surface area contributed by atoms with Gasteiger partial charge in [0, 0.05) is 27.5 Å². The van der Waals surface area contributed by atoms with Crippen molar-refractivity contribution in [2.24, 2.45) is 0 Å². The summed E-state index contributed by atoms with van der Waals surface area (Å²) < 4.78 is 1.15. The summed E-state index contributed by atoms with van der Waals surface area (Å²) in [5, 5.41) is 2.07. The fourth-order valence-electron chi connectivity index (χ4n) is 1.45. The van der Waals surface area contributed by atoms with E-state index in [-0.39, 0.29) is 0 Å². The van der Waals surface area contributed by atoms with Gasteiger partial charge >= 0.3 is 0 Å². The molecule has 2 heterocycles. The van der Waals surface area contributed by atoms with Gasteiger partial charge in [0.15, 0.2) is 0 Å². The summed E-state index contributed by atoms with van der Waals surface area (Å²) in [6.07, 6.45) is 2.60. The van der Waals surface area contributed by atoms with E-state index >= 15 is 0 Å². The molecular weight excluding hydrogens is 272 g/mol. The third-order valence-corrected chi connectivity index (χ3v) is 4.28. The number of anilines is 1. The van der Waals surface area contributed by atoms with Crippen LogP contribution in [0.2, 0.25) is 0 Å². The number of pyridine rings is 1. The molecule has 0 bridgehead atoms. The molecular formula is C11H11BrN2S. The van der Waals surface area contributed by atoms with Gasteiger partial charge in [-0.2, -0.15) is 0 Å². The van der Waals surface area contributed by atoms with Crippen LogP contribution >= 0.6 is 27.3 Å². The van der Waals surface area contributed by atoms with E-state index in [0.29, 0.717) is 5.82 Å². The third-order valence-electron chi connectivity index (χ3n) is 2.35. The molecule has 2 rings (SSSR count). The predicted octanol–water partition coefficient (Wildman–Crippen LogP) is 3.39. The van der Waals surface area contributed by atoms with Crippen molar-refractivity contribution in [3.05, 3.63) is 44.2 Å². The lowest BCUT2D eigenvalue weighted by molar-refractivity contribution is 1.14. The Labute approximate surface area is 101 Å². The Morgan fingerprint density at radius 1 is 1.47 bits per heavy atom. The number of nitrogens with two attached hydrogens (primary N) is 1. The van der Waals surface area contributed by atoms with Gasteiger partial charge < -0.3 is 5.73 Å². The Balaban J connectivity index is 2.36. The first kappa shape index (κ1) is 10.6. The summed E-state index contributed by atoms with van der Waals surface area (Å²) in [7, 11) is 0. The van der Waals surface area contributed by atoms with Gasteiger partial charge in [-0.05, 0) is 45.9 Å². The molecule has 0 aliphatic heterocycles. The molecule has 0 fully saturated rings. The second-order valence-corrected chi connectivity index (χ2v) is 5.22. The van der Waals surface area contributed by atoms with Gasteiger partial charge in [-0.3, -0.25) is 0 Å².